The number of aryl methyl sites for hydroxylation is 1. The van der Waals surface area contributed by atoms with Crippen molar-refractivity contribution in [3.63, 3.8) is 0 Å². The number of halogens is 6. The zero-order valence-corrected chi connectivity index (χ0v) is 17.7. The summed E-state index contributed by atoms with van der Waals surface area (Å²) < 4.78 is 85.4. The second-order valence-corrected chi connectivity index (χ2v) is 7.93. The van der Waals surface area contributed by atoms with Gasteiger partial charge in [-0.1, -0.05) is 43.7 Å². The Hall–Kier alpha value is -3.22. The van der Waals surface area contributed by atoms with Crippen LogP contribution in [0.25, 0.3) is 16.7 Å². The van der Waals surface area contributed by atoms with E-state index < -0.39 is 29.6 Å². The monoisotopic (exact) mass is 462 g/mol. The fourth-order valence-electron chi connectivity index (χ4n) is 4.17. The molecule has 172 valence electrons. The summed E-state index contributed by atoms with van der Waals surface area (Å²) in [5.41, 5.74) is 2.59. The Morgan fingerprint density at radius 2 is 1.58 bits per heavy atom. The first-order valence-corrected chi connectivity index (χ1v) is 10.5. The molecule has 0 N–H and O–H groups in total. The van der Waals surface area contributed by atoms with Crippen LogP contribution in [0.4, 0.5) is 26.3 Å². The van der Waals surface area contributed by atoms with Crippen molar-refractivity contribution < 1.29 is 31.1 Å². The van der Waals surface area contributed by atoms with E-state index in [-0.39, 0.29) is 24.0 Å². The second kappa shape index (κ2) is 8.96. The lowest BCUT2D eigenvalue weighted by Gasteiger charge is -2.21. The lowest BCUT2D eigenvalue weighted by atomic mass is 9.85. The van der Waals surface area contributed by atoms with Crippen LogP contribution in [0.3, 0.4) is 0 Å². The maximum Gasteiger partial charge on any atom is 0.573 e. The van der Waals surface area contributed by atoms with Crippen LogP contribution in [0.5, 0.6) is 5.75 Å². The van der Waals surface area contributed by atoms with Gasteiger partial charge in [0.05, 0.1) is 0 Å². The van der Waals surface area contributed by atoms with Crippen molar-refractivity contribution in [3.05, 3.63) is 94.3 Å². The summed E-state index contributed by atoms with van der Waals surface area (Å²) in [4.78, 5) is 0. The molecule has 0 radical (unpaired) electrons. The van der Waals surface area contributed by atoms with Crippen LogP contribution in [-0.2, 0) is 19.3 Å². The highest BCUT2D eigenvalue weighted by molar-refractivity contribution is 5.74. The van der Waals surface area contributed by atoms with Gasteiger partial charge in [0.1, 0.15) is 23.2 Å². The molecular formula is C26H20F6O. The molecule has 3 aromatic rings. The molecule has 0 unspecified atom stereocenters. The molecule has 4 rings (SSSR count). The molecule has 0 amide bonds. The van der Waals surface area contributed by atoms with Crippen LogP contribution in [0.2, 0.25) is 0 Å². The minimum absolute atomic E-state index is 0.0924. The van der Waals surface area contributed by atoms with Gasteiger partial charge < -0.3 is 4.74 Å². The van der Waals surface area contributed by atoms with Crippen LogP contribution in [0, 0.1) is 17.5 Å². The van der Waals surface area contributed by atoms with E-state index in [2.05, 4.69) is 4.74 Å². The zero-order chi connectivity index (χ0) is 23.8. The van der Waals surface area contributed by atoms with Crippen molar-refractivity contribution in [1.29, 1.82) is 0 Å². The topological polar surface area (TPSA) is 9.23 Å². The number of hydrogen-bond acceptors (Lipinski definition) is 1. The van der Waals surface area contributed by atoms with Gasteiger partial charge >= 0.3 is 6.36 Å². The molecule has 0 spiro atoms. The van der Waals surface area contributed by atoms with Crippen molar-refractivity contribution >= 4 is 5.57 Å². The number of rotatable bonds is 5. The lowest BCUT2D eigenvalue weighted by molar-refractivity contribution is -0.274. The van der Waals surface area contributed by atoms with Gasteiger partial charge in [0.2, 0.25) is 0 Å². The minimum atomic E-state index is -4.81. The Bertz CT molecular complexity index is 1190. The number of ether oxygens (including phenoxy) is 1. The van der Waals surface area contributed by atoms with Gasteiger partial charge in [-0.25, -0.2) is 13.2 Å². The highest BCUT2D eigenvalue weighted by Crippen LogP contribution is 2.36. The van der Waals surface area contributed by atoms with Crippen LogP contribution < -0.4 is 4.74 Å². The van der Waals surface area contributed by atoms with Gasteiger partial charge in [-0.3, -0.25) is 0 Å². The number of hydrogen-bond donors (Lipinski definition) is 0. The predicted octanol–water partition coefficient (Wildman–Crippen LogP) is 7.80. The largest absolute Gasteiger partial charge is 0.573 e. The van der Waals surface area contributed by atoms with Gasteiger partial charge in [-0.15, -0.1) is 13.2 Å². The minimum Gasteiger partial charge on any atom is -0.406 e. The normalized spacial score (nSPS) is 13.5. The predicted molar refractivity (Wildman–Crippen MR) is 114 cm³/mol. The number of benzene rings is 3. The van der Waals surface area contributed by atoms with Gasteiger partial charge in [0.25, 0.3) is 0 Å². The Balaban J connectivity index is 1.61. The first-order chi connectivity index (χ1) is 15.7. The summed E-state index contributed by atoms with van der Waals surface area (Å²) in [5.74, 6) is -2.17. The zero-order valence-electron chi connectivity index (χ0n) is 17.7. The lowest BCUT2D eigenvalue weighted by Crippen LogP contribution is -2.16. The Morgan fingerprint density at radius 1 is 0.909 bits per heavy atom. The molecule has 0 bridgehead atoms. The maximum atomic E-state index is 15.2. The summed E-state index contributed by atoms with van der Waals surface area (Å²) in [6.45, 7) is 1.93. The maximum absolute atomic E-state index is 15.2. The molecule has 1 aliphatic carbocycles. The summed E-state index contributed by atoms with van der Waals surface area (Å²) in [5, 5.41) is 0. The molecule has 0 aliphatic heterocycles. The highest BCUT2D eigenvalue weighted by Gasteiger charge is 2.31. The number of allylic oxidation sites excluding steroid dienone is 2. The van der Waals surface area contributed by atoms with Crippen molar-refractivity contribution in [2.45, 2.75) is 39.0 Å². The third-order valence-corrected chi connectivity index (χ3v) is 5.63. The van der Waals surface area contributed by atoms with Crippen LogP contribution in [-0.4, -0.2) is 6.36 Å². The van der Waals surface area contributed by atoms with Crippen LogP contribution >= 0.6 is 0 Å². The molecule has 0 saturated heterocycles. The van der Waals surface area contributed by atoms with Crippen molar-refractivity contribution in [3.8, 4) is 16.9 Å². The van der Waals surface area contributed by atoms with Crippen molar-refractivity contribution in [1.82, 2.24) is 0 Å². The summed E-state index contributed by atoms with van der Waals surface area (Å²) >= 11 is 0. The molecule has 33 heavy (non-hydrogen) atoms. The van der Waals surface area contributed by atoms with E-state index >= 15 is 4.39 Å². The average molecular weight is 462 g/mol. The van der Waals surface area contributed by atoms with E-state index in [9.17, 15) is 22.0 Å². The van der Waals surface area contributed by atoms with E-state index in [0.29, 0.717) is 34.2 Å². The van der Waals surface area contributed by atoms with E-state index in [1.54, 1.807) is 12.1 Å². The Kier molecular flexibility index (Phi) is 6.23. The average Bonchev–Trinajstić information content (AvgIpc) is 2.73. The van der Waals surface area contributed by atoms with Crippen molar-refractivity contribution in [2.24, 2.45) is 0 Å². The molecule has 0 aromatic heterocycles. The Labute approximate surface area is 187 Å². The third-order valence-electron chi connectivity index (χ3n) is 5.63. The molecule has 0 fully saturated rings. The second-order valence-electron chi connectivity index (χ2n) is 7.93. The third kappa shape index (κ3) is 4.92. The summed E-state index contributed by atoms with van der Waals surface area (Å²) in [7, 11) is 0. The SMILES string of the molecule is CCCc1cc(F)c(C2=CCc3c(ccc(-c4ccc(OC(F)(F)F)cc4)c3F)C2)c(F)c1. The molecule has 3 aromatic carbocycles. The van der Waals surface area contributed by atoms with Crippen molar-refractivity contribution in [2.75, 3.05) is 0 Å². The molecule has 7 heteroatoms. The number of alkyl halides is 3. The standard InChI is InChI=1S/C26H20F6O/c1-2-3-15-12-22(27)24(23(28)13-15)18-7-11-21-17(14-18)6-10-20(25(21)29)16-4-8-19(9-5-16)33-26(30,31)32/h4-10,12-13H,2-3,11,14H2,1H3. The fraction of sp³-hybridized carbons (Fsp3) is 0.231. The van der Waals surface area contributed by atoms with E-state index in [1.165, 1.54) is 30.3 Å². The van der Waals surface area contributed by atoms with Crippen LogP contribution in [0.15, 0.2) is 54.6 Å². The van der Waals surface area contributed by atoms with Gasteiger partial charge in [0.15, 0.2) is 0 Å². The highest BCUT2D eigenvalue weighted by atomic mass is 19.4. The summed E-state index contributed by atoms with van der Waals surface area (Å²) in [6, 6.07) is 10.8. The van der Waals surface area contributed by atoms with E-state index in [0.717, 1.165) is 18.6 Å². The van der Waals surface area contributed by atoms with Gasteiger partial charge in [-0.2, -0.15) is 0 Å². The van der Waals surface area contributed by atoms with Gasteiger partial charge in [-0.05, 0) is 71.4 Å². The molecule has 1 aliphatic rings. The van der Waals surface area contributed by atoms with E-state index in [1.807, 2.05) is 6.92 Å². The molecular weight excluding hydrogens is 442 g/mol. The van der Waals surface area contributed by atoms with Crippen LogP contribution in [0.1, 0.15) is 35.6 Å². The smallest absolute Gasteiger partial charge is 0.406 e. The Morgan fingerprint density at radius 3 is 2.18 bits per heavy atom. The molecule has 0 atom stereocenters. The quantitative estimate of drug-likeness (QED) is 0.352. The van der Waals surface area contributed by atoms with Gasteiger partial charge in [0, 0.05) is 11.1 Å². The first-order valence-electron chi connectivity index (χ1n) is 10.5. The fourth-order valence-corrected chi connectivity index (χ4v) is 4.17. The first kappa shape index (κ1) is 23.0. The summed E-state index contributed by atoms with van der Waals surface area (Å²) in [6.07, 6.45) is -1.52. The molecule has 0 heterocycles. The number of fused-ring (bicyclic) bond motifs is 1. The van der Waals surface area contributed by atoms with E-state index in [4.69, 9.17) is 0 Å². The molecule has 1 nitrogen and oxygen atoms in total. The molecule has 0 saturated carbocycles.